The molecule has 2 heterocycles. The van der Waals surface area contributed by atoms with Crippen molar-refractivity contribution in [2.45, 2.75) is 44.7 Å². The number of halogens is 3. The largest absolute Gasteiger partial charge is 0.573 e. The van der Waals surface area contributed by atoms with Crippen molar-refractivity contribution < 1.29 is 32.2 Å². The lowest BCUT2D eigenvalue weighted by molar-refractivity contribution is -0.274. The van der Waals surface area contributed by atoms with Gasteiger partial charge in [-0.3, -0.25) is 9.59 Å². The predicted octanol–water partition coefficient (Wildman–Crippen LogP) is 3.68. The first kappa shape index (κ1) is 22.0. The predicted molar refractivity (Wildman–Crippen MR) is 110 cm³/mol. The molecule has 2 aromatic rings. The van der Waals surface area contributed by atoms with Gasteiger partial charge in [-0.15, -0.1) is 13.2 Å². The van der Waals surface area contributed by atoms with E-state index in [1.165, 1.54) is 25.1 Å². The Morgan fingerprint density at radius 1 is 1.19 bits per heavy atom. The molecule has 2 amide bonds. The molecule has 2 aliphatic heterocycles. The molecule has 9 heteroatoms. The second-order valence-corrected chi connectivity index (χ2v) is 7.96. The number of alkyl halides is 3. The summed E-state index contributed by atoms with van der Waals surface area (Å²) in [6, 6.07) is 10.8. The fourth-order valence-electron chi connectivity index (χ4n) is 4.24. The van der Waals surface area contributed by atoms with E-state index >= 15 is 0 Å². The van der Waals surface area contributed by atoms with Gasteiger partial charge in [-0.2, -0.15) is 0 Å². The molecular weight excluding hydrogens is 425 g/mol. The smallest absolute Gasteiger partial charge is 0.488 e. The van der Waals surface area contributed by atoms with Crippen LogP contribution in [0.15, 0.2) is 42.5 Å². The van der Waals surface area contributed by atoms with Crippen LogP contribution in [0.4, 0.5) is 13.2 Å². The van der Waals surface area contributed by atoms with Crippen molar-refractivity contribution >= 4 is 11.8 Å². The number of carbonyl (C=O) groups excluding carboxylic acids is 2. The number of nitrogens with one attached hydrogen (secondary N) is 1. The lowest BCUT2D eigenvalue weighted by Gasteiger charge is -2.23. The molecule has 2 aromatic carbocycles. The fraction of sp³-hybridized carbons (Fsp3) is 0.391. The molecular formula is C23H23F3N2O4. The Bertz CT molecular complexity index is 1020. The highest BCUT2D eigenvalue weighted by molar-refractivity contribution is 5.87. The SMILES string of the molecule is CC(=O)N1CCC[C@H]1C(=O)NCC1Cc2cc(-c3cccc(OC(F)(F)F)c3)ccc2O1. The van der Waals surface area contributed by atoms with E-state index in [1.807, 2.05) is 6.07 Å². The Hall–Kier alpha value is -3.23. The lowest BCUT2D eigenvalue weighted by Crippen LogP contribution is -2.47. The maximum Gasteiger partial charge on any atom is 0.573 e. The Kier molecular flexibility index (Phi) is 5.99. The monoisotopic (exact) mass is 448 g/mol. The average Bonchev–Trinajstić information content (AvgIpc) is 3.37. The van der Waals surface area contributed by atoms with Gasteiger partial charge in [-0.1, -0.05) is 18.2 Å². The van der Waals surface area contributed by atoms with Crippen LogP contribution < -0.4 is 14.8 Å². The number of hydrogen-bond acceptors (Lipinski definition) is 4. The molecule has 0 radical (unpaired) electrons. The average molecular weight is 448 g/mol. The first-order chi connectivity index (χ1) is 15.2. The van der Waals surface area contributed by atoms with Gasteiger partial charge in [0, 0.05) is 19.9 Å². The Balaban J connectivity index is 1.38. The molecule has 1 fully saturated rings. The van der Waals surface area contributed by atoms with Gasteiger partial charge in [-0.05, 0) is 53.8 Å². The molecule has 0 bridgehead atoms. The van der Waals surface area contributed by atoms with Crippen molar-refractivity contribution in [1.82, 2.24) is 10.2 Å². The quantitative estimate of drug-likeness (QED) is 0.758. The van der Waals surface area contributed by atoms with Crippen molar-refractivity contribution in [3.63, 3.8) is 0 Å². The van der Waals surface area contributed by atoms with E-state index in [9.17, 15) is 22.8 Å². The topological polar surface area (TPSA) is 67.9 Å². The molecule has 0 spiro atoms. The zero-order chi connectivity index (χ0) is 22.9. The second kappa shape index (κ2) is 8.72. The van der Waals surface area contributed by atoms with Gasteiger partial charge in [0.2, 0.25) is 11.8 Å². The highest BCUT2D eigenvalue weighted by Crippen LogP contribution is 2.34. The summed E-state index contributed by atoms with van der Waals surface area (Å²) < 4.78 is 47.4. The highest BCUT2D eigenvalue weighted by Gasteiger charge is 2.33. The number of carbonyl (C=O) groups is 2. The number of hydrogen-bond donors (Lipinski definition) is 1. The molecule has 1 unspecified atom stereocenters. The van der Waals surface area contributed by atoms with E-state index in [2.05, 4.69) is 10.1 Å². The standard InChI is InChI=1S/C23H23F3N2O4/c1-14(29)28-9-3-6-20(28)22(30)27-13-19-12-17-10-16(7-8-21(17)31-19)15-4-2-5-18(11-15)32-23(24,25)26/h2,4-5,7-8,10-11,19-20H,3,6,9,12-13H2,1H3,(H,27,30)/t19?,20-/m0/s1. The minimum absolute atomic E-state index is 0.107. The van der Waals surface area contributed by atoms with Crippen LogP contribution in [0.25, 0.3) is 11.1 Å². The minimum atomic E-state index is -4.75. The summed E-state index contributed by atoms with van der Waals surface area (Å²) in [5, 5.41) is 2.88. The summed E-state index contributed by atoms with van der Waals surface area (Å²) >= 11 is 0. The van der Waals surface area contributed by atoms with Crippen LogP contribution in [0.2, 0.25) is 0 Å². The highest BCUT2D eigenvalue weighted by atomic mass is 19.4. The second-order valence-electron chi connectivity index (χ2n) is 7.96. The van der Waals surface area contributed by atoms with Gasteiger partial charge in [-0.25, -0.2) is 0 Å². The molecule has 1 N–H and O–H groups in total. The van der Waals surface area contributed by atoms with E-state index in [4.69, 9.17) is 4.74 Å². The maximum atomic E-state index is 12.5. The van der Waals surface area contributed by atoms with Crippen LogP contribution in [0, 0.1) is 0 Å². The third-order valence-electron chi connectivity index (χ3n) is 5.67. The first-order valence-electron chi connectivity index (χ1n) is 10.4. The van der Waals surface area contributed by atoms with Gasteiger partial charge >= 0.3 is 6.36 Å². The molecule has 32 heavy (non-hydrogen) atoms. The Morgan fingerprint density at radius 2 is 1.97 bits per heavy atom. The van der Waals surface area contributed by atoms with E-state index in [1.54, 1.807) is 23.1 Å². The fourth-order valence-corrected chi connectivity index (χ4v) is 4.24. The van der Waals surface area contributed by atoms with Crippen molar-refractivity contribution in [2.24, 2.45) is 0 Å². The van der Waals surface area contributed by atoms with Gasteiger partial charge < -0.3 is 19.7 Å². The van der Waals surface area contributed by atoms with Crippen molar-refractivity contribution in [3.8, 4) is 22.6 Å². The third kappa shape index (κ3) is 4.98. The van der Waals surface area contributed by atoms with Crippen molar-refractivity contribution in [3.05, 3.63) is 48.0 Å². The molecule has 0 aromatic heterocycles. The zero-order valence-electron chi connectivity index (χ0n) is 17.4. The molecule has 2 aliphatic rings. The third-order valence-corrected chi connectivity index (χ3v) is 5.67. The van der Waals surface area contributed by atoms with Gasteiger partial charge in [0.1, 0.15) is 23.6 Å². The summed E-state index contributed by atoms with van der Waals surface area (Å²) in [6.07, 6.45) is -2.99. The molecule has 2 atom stereocenters. The minimum Gasteiger partial charge on any atom is -0.488 e. The van der Waals surface area contributed by atoms with E-state index in [-0.39, 0.29) is 23.7 Å². The summed E-state index contributed by atoms with van der Waals surface area (Å²) in [5.41, 5.74) is 2.25. The van der Waals surface area contributed by atoms with Gasteiger partial charge in [0.05, 0.1) is 6.54 Å². The van der Waals surface area contributed by atoms with Crippen molar-refractivity contribution in [1.29, 1.82) is 0 Å². The van der Waals surface area contributed by atoms with Crippen LogP contribution in [0.5, 0.6) is 11.5 Å². The van der Waals surface area contributed by atoms with Crippen LogP contribution in [-0.2, 0) is 16.0 Å². The summed E-state index contributed by atoms with van der Waals surface area (Å²) in [4.78, 5) is 25.8. The molecule has 0 saturated carbocycles. The molecule has 0 aliphatic carbocycles. The number of nitrogens with zero attached hydrogens (tertiary/aromatic N) is 1. The Morgan fingerprint density at radius 3 is 2.72 bits per heavy atom. The lowest BCUT2D eigenvalue weighted by atomic mass is 10.0. The van der Waals surface area contributed by atoms with Gasteiger partial charge in [0.25, 0.3) is 0 Å². The number of likely N-dealkylation sites (tertiary alicyclic amines) is 1. The van der Waals surface area contributed by atoms with E-state index in [0.29, 0.717) is 37.2 Å². The maximum absolute atomic E-state index is 12.5. The molecule has 1 saturated heterocycles. The number of fused-ring (bicyclic) bond motifs is 1. The Labute approximate surface area is 183 Å². The number of amides is 2. The number of ether oxygens (including phenoxy) is 2. The molecule has 6 nitrogen and oxygen atoms in total. The number of rotatable bonds is 5. The molecule has 4 rings (SSSR count). The zero-order valence-corrected chi connectivity index (χ0v) is 17.4. The van der Waals surface area contributed by atoms with Crippen LogP contribution in [-0.4, -0.2) is 48.3 Å². The van der Waals surface area contributed by atoms with Crippen molar-refractivity contribution in [2.75, 3.05) is 13.1 Å². The van der Waals surface area contributed by atoms with Crippen LogP contribution >= 0.6 is 0 Å². The van der Waals surface area contributed by atoms with Crippen LogP contribution in [0.1, 0.15) is 25.3 Å². The summed E-state index contributed by atoms with van der Waals surface area (Å²) in [6.45, 7) is 2.36. The van der Waals surface area contributed by atoms with E-state index in [0.717, 1.165) is 17.5 Å². The van der Waals surface area contributed by atoms with Gasteiger partial charge in [0.15, 0.2) is 0 Å². The first-order valence-corrected chi connectivity index (χ1v) is 10.4. The summed E-state index contributed by atoms with van der Waals surface area (Å²) in [7, 11) is 0. The van der Waals surface area contributed by atoms with E-state index < -0.39 is 12.4 Å². The van der Waals surface area contributed by atoms with Crippen LogP contribution in [0.3, 0.4) is 0 Å². The molecule has 170 valence electrons. The summed E-state index contributed by atoms with van der Waals surface area (Å²) in [5.74, 6) is 0.115. The number of benzene rings is 2. The normalized spacial score (nSPS) is 19.9.